The van der Waals surface area contributed by atoms with Crippen molar-refractivity contribution >= 4 is 17.5 Å². The molecule has 0 radical (unpaired) electrons. The molecule has 5 rings (SSSR count). The van der Waals surface area contributed by atoms with Crippen molar-refractivity contribution in [1.29, 1.82) is 0 Å². The Morgan fingerprint density at radius 3 is 2.76 bits per heavy atom. The third-order valence-corrected chi connectivity index (χ3v) is 6.21. The first-order valence-corrected chi connectivity index (χ1v) is 9.62. The molecular weight excluding hydrogens is 368 g/mol. The standard InChI is InChI=1S/C21H22N6O2/c1-13-17(25(2)12-22-13)19(28)27-9-8-21(18(27)14-10-23-26(3)11-14)15-6-4-5-7-16(15)24-20(21)29/h4-7,10-12,18H,8-9H2,1-3H3,(H,24,29)/t18-,21+/m0/s1. The number of carbonyl (C=O) groups is 2. The van der Waals surface area contributed by atoms with Gasteiger partial charge in [0.2, 0.25) is 5.91 Å². The van der Waals surface area contributed by atoms with Crippen molar-refractivity contribution in [3.8, 4) is 0 Å². The van der Waals surface area contributed by atoms with Gasteiger partial charge in [-0.05, 0) is 25.0 Å². The summed E-state index contributed by atoms with van der Waals surface area (Å²) in [4.78, 5) is 33.0. The number of anilines is 1. The molecule has 2 atom stereocenters. The minimum atomic E-state index is -0.832. The van der Waals surface area contributed by atoms with E-state index in [4.69, 9.17) is 0 Å². The summed E-state index contributed by atoms with van der Waals surface area (Å²) in [6.45, 7) is 2.31. The van der Waals surface area contributed by atoms with Gasteiger partial charge in [0.05, 0.1) is 24.3 Å². The molecule has 3 aromatic rings. The molecule has 8 nitrogen and oxygen atoms in total. The number of aryl methyl sites for hydroxylation is 3. The molecule has 0 aliphatic carbocycles. The lowest BCUT2D eigenvalue weighted by Gasteiger charge is -2.33. The molecule has 2 amide bonds. The van der Waals surface area contributed by atoms with E-state index in [0.717, 1.165) is 16.8 Å². The summed E-state index contributed by atoms with van der Waals surface area (Å²) in [5.74, 6) is -0.185. The predicted molar refractivity (Wildman–Crippen MR) is 106 cm³/mol. The number of rotatable bonds is 2. The van der Waals surface area contributed by atoms with Gasteiger partial charge in [0.1, 0.15) is 11.1 Å². The van der Waals surface area contributed by atoms with E-state index in [0.29, 0.717) is 24.4 Å². The fourth-order valence-corrected chi connectivity index (χ4v) is 4.94. The molecule has 0 bridgehead atoms. The molecule has 1 saturated heterocycles. The number of hydrogen-bond donors (Lipinski definition) is 1. The van der Waals surface area contributed by atoms with E-state index in [1.165, 1.54) is 0 Å². The fraction of sp³-hybridized carbons (Fsp3) is 0.333. The highest BCUT2D eigenvalue weighted by Crippen LogP contribution is 2.54. The third-order valence-electron chi connectivity index (χ3n) is 6.21. The van der Waals surface area contributed by atoms with Crippen molar-refractivity contribution in [2.24, 2.45) is 14.1 Å². The molecule has 0 unspecified atom stereocenters. The van der Waals surface area contributed by atoms with Crippen LogP contribution in [0.2, 0.25) is 0 Å². The summed E-state index contributed by atoms with van der Waals surface area (Å²) in [6, 6.07) is 7.31. The molecule has 1 N–H and O–H groups in total. The number of imidazole rings is 1. The molecule has 8 heteroatoms. The Balaban J connectivity index is 1.69. The zero-order valence-electron chi connectivity index (χ0n) is 16.6. The molecule has 1 spiro atoms. The van der Waals surface area contributed by atoms with E-state index in [-0.39, 0.29) is 11.8 Å². The van der Waals surface area contributed by atoms with E-state index in [1.807, 2.05) is 56.4 Å². The van der Waals surface area contributed by atoms with Gasteiger partial charge < -0.3 is 14.8 Å². The second-order valence-corrected chi connectivity index (χ2v) is 7.86. The number of amides is 2. The lowest BCUT2D eigenvalue weighted by Crippen LogP contribution is -2.43. The smallest absolute Gasteiger partial charge is 0.272 e. The van der Waals surface area contributed by atoms with E-state index >= 15 is 0 Å². The SMILES string of the molecule is Cc1ncn(C)c1C(=O)N1CC[C@]2(C(=O)Nc3ccccc32)[C@@H]1c1cnn(C)c1. The van der Waals surface area contributed by atoms with Crippen molar-refractivity contribution in [2.75, 3.05) is 11.9 Å². The van der Waals surface area contributed by atoms with Gasteiger partial charge >= 0.3 is 0 Å². The van der Waals surface area contributed by atoms with Gasteiger partial charge in [-0.25, -0.2) is 4.98 Å². The largest absolute Gasteiger partial charge is 0.330 e. The van der Waals surface area contributed by atoms with E-state index in [9.17, 15) is 9.59 Å². The van der Waals surface area contributed by atoms with Gasteiger partial charge in [-0.3, -0.25) is 14.3 Å². The number of nitrogens with zero attached hydrogens (tertiary/aromatic N) is 5. The fourth-order valence-electron chi connectivity index (χ4n) is 4.94. The maximum absolute atomic E-state index is 13.6. The van der Waals surface area contributed by atoms with Gasteiger partial charge in [-0.15, -0.1) is 0 Å². The van der Waals surface area contributed by atoms with Crippen LogP contribution in [0.1, 0.15) is 39.8 Å². The first-order chi connectivity index (χ1) is 13.9. The summed E-state index contributed by atoms with van der Waals surface area (Å²) in [5.41, 5.74) is 3.00. The number of aromatic nitrogens is 4. The van der Waals surface area contributed by atoms with Crippen LogP contribution in [0.4, 0.5) is 5.69 Å². The van der Waals surface area contributed by atoms with Crippen LogP contribution in [0.15, 0.2) is 43.0 Å². The summed E-state index contributed by atoms with van der Waals surface area (Å²) < 4.78 is 3.45. The molecule has 4 heterocycles. The maximum atomic E-state index is 13.6. The number of benzene rings is 1. The Labute approximate surface area is 168 Å². The van der Waals surface area contributed by atoms with E-state index in [2.05, 4.69) is 15.4 Å². The molecule has 0 saturated carbocycles. The van der Waals surface area contributed by atoms with Crippen molar-refractivity contribution in [3.63, 3.8) is 0 Å². The number of carbonyl (C=O) groups excluding carboxylic acids is 2. The Morgan fingerprint density at radius 2 is 2.07 bits per heavy atom. The first kappa shape index (κ1) is 17.7. The quantitative estimate of drug-likeness (QED) is 0.725. The third kappa shape index (κ3) is 2.31. The monoisotopic (exact) mass is 390 g/mol. The zero-order chi connectivity index (χ0) is 20.3. The number of fused-ring (bicyclic) bond motifs is 2. The van der Waals surface area contributed by atoms with Crippen LogP contribution in [0.3, 0.4) is 0 Å². The Hall–Kier alpha value is -3.42. The second-order valence-electron chi connectivity index (χ2n) is 7.86. The molecule has 1 aromatic carbocycles. The lowest BCUT2D eigenvalue weighted by molar-refractivity contribution is -0.121. The topological polar surface area (TPSA) is 85.1 Å². The zero-order valence-corrected chi connectivity index (χ0v) is 16.6. The van der Waals surface area contributed by atoms with Crippen molar-refractivity contribution in [1.82, 2.24) is 24.2 Å². The molecule has 148 valence electrons. The molecule has 1 fully saturated rings. The summed E-state index contributed by atoms with van der Waals surface area (Å²) in [7, 11) is 3.65. The van der Waals surface area contributed by atoms with Gasteiger partial charge in [0.15, 0.2) is 0 Å². The average Bonchev–Trinajstić information content (AvgIpc) is 3.43. The van der Waals surface area contributed by atoms with Crippen LogP contribution in [0, 0.1) is 6.92 Å². The van der Waals surface area contributed by atoms with Crippen LogP contribution < -0.4 is 5.32 Å². The summed E-state index contributed by atoms with van der Waals surface area (Å²) in [6.07, 6.45) is 5.84. The number of hydrogen-bond acceptors (Lipinski definition) is 4. The molecule has 2 aromatic heterocycles. The van der Waals surface area contributed by atoms with Gasteiger partial charge in [0, 0.05) is 38.1 Å². The lowest BCUT2D eigenvalue weighted by atomic mass is 9.73. The van der Waals surface area contributed by atoms with Crippen LogP contribution in [0.25, 0.3) is 0 Å². The number of likely N-dealkylation sites (tertiary alicyclic amines) is 1. The van der Waals surface area contributed by atoms with E-state index < -0.39 is 11.5 Å². The highest BCUT2D eigenvalue weighted by Gasteiger charge is 2.59. The van der Waals surface area contributed by atoms with Crippen LogP contribution in [-0.4, -0.2) is 42.6 Å². The van der Waals surface area contributed by atoms with Crippen LogP contribution in [0.5, 0.6) is 0 Å². The van der Waals surface area contributed by atoms with Gasteiger partial charge in [-0.2, -0.15) is 5.10 Å². The Morgan fingerprint density at radius 1 is 1.28 bits per heavy atom. The minimum absolute atomic E-state index is 0.0652. The normalized spacial score (nSPS) is 22.9. The predicted octanol–water partition coefficient (Wildman–Crippen LogP) is 1.94. The van der Waals surface area contributed by atoms with Crippen LogP contribution >= 0.6 is 0 Å². The first-order valence-electron chi connectivity index (χ1n) is 9.62. The maximum Gasteiger partial charge on any atom is 0.272 e. The summed E-state index contributed by atoms with van der Waals surface area (Å²) >= 11 is 0. The minimum Gasteiger partial charge on any atom is -0.330 e. The molecule has 2 aliphatic rings. The van der Waals surface area contributed by atoms with Crippen LogP contribution in [-0.2, 0) is 24.3 Å². The average molecular weight is 390 g/mol. The summed E-state index contributed by atoms with van der Waals surface area (Å²) in [5, 5.41) is 7.35. The molecule has 2 aliphatic heterocycles. The highest BCUT2D eigenvalue weighted by molar-refractivity contribution is 6.08. The van der Waals surface area contributed by atoms with Gasteiger partial charge in [0.25, 0.3) is 5.91 Å². The van der Waals surface area contributed by atoms with Crippen molar-refractivity contribution in [3.05, 3.63) is 65.5 Å². The Bertz CT molecular complexity index is 1130. The number of para-hydroxylation sites is 1. The Kier molecular flexibility index (Phi) is 3.68. The highest BCUT2D eigenvalue weighted by atomic mass is 16.2. The van der Waals surface area contributed by atoms with Gasteiger partial charge in [-0.1, -0.05) is 18.2 Å². The molecular formula is C21H22N6O2. The second kappa shape index (κ2) is 6.04. The number of nitrogens with one attached hydrogen (secondary N) is 1. The molecule has 29 heavy (non-hydrogen) atoms. The van der Waals surface area contributed by atoms with E-state index in [1.54, 1.807) is 21.8 Å². The van der Waals surface area contributed by atoms with Crippen molar-refractivity contribution < 1.29 is 9.59 Å². The van der Waals surface area contributed by atoms with Crippen molar-refractivity contribution in [2.45, 2.75) is 24.8 Å².